The van der Waals surface area contributed by atoms with E-state index >= 15 is 0 Å². The van der Waals surface area contributed by atoms with Gasteiger partial charge in [-0.3, -0.25) is 19.4 Å². The Kier molecular flexibility index (Phi) is 13.0. The molecular weight excluding hydrogens is 598 g/mol. The van der Waals surface area contributed by atoms with Crippen molar-refractivity contribution >= 4 is 23.8 Å². The molecule has 4 rings (SSSR count). The van der Waals surface area contributed by atoms with Gasteiger partial charge in [0.25, 0.3) is 5.91 Å². The molecule has 11 nitrogen and oxygen atoms in total. The SMILES string of the molecule is C[C@H](NC(=O)OCc1ccccc1)C(=O)N[C@@H](Cc1ccccn1)C(=O)N[C@@H](Cc1ccccc1)C(O)C(=O)NCc1ccccc1. The number of alkyl carbamates (subject to hydrolysis) is 1. The molecular formula is C36H39N5O6. The van der Waals surface area contributed by atoms with Gasteiger partial charge in [-0.05, 0) is 42.2 Å². The van der Waals surface area contributed by atoms with Crippen molar-refractivity contribution in [2.24, 2.45) is 0 Å². The lowest BCUT2D eigenvalue weighted by Gasteiger charge is -2.27. The van der Waals surface area contributed by atoms with Crippen molar-refractivity contribution in [1.82, 2.24) is 26.3 Å². The molecule has 1 heterocycles. The molecule has 47 heavy (non-hydrogen) atoms. The van der Waals surface area contributed by atoms with Crippen molar-refractivity contribution in [2.75, 3.05) is 0 Å². The zero-order valence-corrected chi connectivity index (χ0v) is 26.0. The first-order chi connectivity index (χ1) is 22.8. The second-order valence-corrected chi connectivity index (χ2v) is 11.0. The molecule has 5 N–H and O–H groups in total. The van der Waals surface area contributed by atoms with Crippen LogP contribution in [0.2, 0.25) is 0 Å². The number of amides is 4. The molecule has 0 radical (unpaired) electrons. The third-order valence-electron chi connectivity index (χ3n) is 7.30. The lowest BCUT2D eigenvalue weighted by atomic mass is 9.99. The predicted octanol–water partition coefficient (Wildman–Crippen LogP) is 2.83. The van der Waals surface area contributed by atoms with Crippen LogP contribution in [0.4, 0.5) is 4.79 Å². The quantitative estimate of drug-likeness (QED) is 0.134. The van der Waals surface area contributed by atoms with Gasteiger partial charge in [-0.1, -0.05) is 97.1 Å². The van der Waals surface area contributed by atoms with Gasteiger partial charge < -0.3 is 31.1 Å². The second kappa shape index (κ2) is 17.8. The molecule has 4 amide bonds. The van der Waals surface area contributed by atoms with Gasteiger partial charge in [-0.15, -0.1) is 0 Å². The topological polar surface area (TPSA) is 159 Å². The maximum Gasteiger partial charge on any atom is 0.408 e. The molecule has 0 spiro atoms. The summed E-state index contributed by atoms with van der Waals surface area (Å²) in [6, 6.07) is 29.4. The van der Waals surface area contributed by atoms with Crippen LogP contribution in [-0.4, -0.2) is 58.1 Å². The Morgan fingerprint density at radius 3 is 1.89 bits per heavy atom. The Balaban J connectivity index is 1.45. The summed E-state index contributed by atoms with van der Waals surface area (Å²) >= 11 is 0. The Morgan fingerprint density at radius 1 is 0.681 bits per heavy atom. The third kappa shape index (κ3) is 11.4. The van der Waals surface area contributed by atoms with Crippen LogP contribution in [0, 0.1) is 0 Å². The highest BCUT2D eigenvalue weighted by Gasteiger charge is 2.32. The van der Waals surface area contributed by atoms with E-state index in [1.54, 1.807) is 36.5 Å². The number of benzene rings is 3. The average molecular weight is 638 g/mol. The number of hydrogen-bond donors (Lipinski definition) is 5. The van der Waals surface area contributed by atoms with Crippen LogP contribution in [0.15, 0.2) is 115 Å². The molecule has 1 unspecified atom stereocenters. The van der Waals surface area contributed by atoms with Crippen molar-refractivity contribution in [3.63, 3.8) is 0 Å². The highest BCUT2D eigenvalue weighted by Crippen LogP contribution is 2.10. The summed E-state index contributed by atoms with van der Waals surface area (Å²) in [5, 5.41) is 21.8. The van der Waals surface area contributed by atoms with Gasteiger partial charge in [0, 0.05) is 24.9 Å². The standard InChI is InChI=1S/C36H39N5O6/c1-25(39-36(46)47-24-28-17-9-4-10-18-28)33(43)41-31(22-29-19-11-12-20-37-29)34(44)40-30(21-26-13-5-2-6-14-26)32(42)35(45)38-23-27-15-7-3-8-16-27/h2-20,25,30-32,42H,21-24H2,1H3,(H,38,45)(H,39,46)(H,40,44)(H,41,43)/t25-,30-,31-,32?/m0/s1. The zero-order valence-electron chi connectivity index (χ0n) is 26.0. The number of carbonyl (C=O) groups is 4. The van der Waals surface area contributed by atoms with Crippen LogP contribution in [0.5, 0.6) is 0 Å². The number of pyridine rings is 1. The van der Waals surface area contributed by atoms with Crippen LogP contribution in [0.1, 0.15) is 29.3 Å². The van der Waals surface area contributed by atoms with E-state index in [-0.39, 0.29) is 26.0 Å². The van der Waals surface area contributed by atoms with Crippen LogP contribution in [0.25, 0.3) is 0 Å². The van der Waals surface area contributed by atoms with Crippen LogP contribution in [-0.2, 0) is 45.1 Å². The number of hydrogen-bond acceptors (Lipinski definition) is 7. The van der Waals surface area contributed by atoms with Gasteiger partial charge in [-0.25, -0.2) is 4.79 Å². The van der Waals surface area contributed by atoms with E-state index in [1.807, 2.05) is 78.9 Å². The Hall–Kier alpha value is -5.55. The molecule has 1 aromatic heterocycles. The normalized spacial score (nSPS) is 13.2. The summed E-state index contributed by atoms with van der Waals surface area (Å²) in [5.74, 6) is -1.94. The van der Waals surface area contributed by atoms with Gasteiger partial charge in [-0.2, -0.15) is 0 Å². The molecule has 0 saturated carbocycles. The molecule has 0 bridgehead atoms. The summed E-state index contributed by atoms with van der Waals surface area (Å²) in [4.78, 5) is 56.7. The fourth-order valence-corrected chi connectivity index (χ4v) is 4.71. The van der Waals surface area contributed by atoms with E-state index in [1.165, 1.54) is 6.92 Å². The van der Waals surface area contributed by atoms with E-state index < -0.39 is 48.0 Å². The summed E-state index contributed by atoms with van der Waals surface area (Å²) in [5.41, 5.74) is 2.94. The minimum atomic E-state index is -1.60. The monoisotopic (exact) mass is 637 g/mol. The molecule has 0 saturated heterocycles. The number of rotatable bonds is 15. The van der Waals surface area contributed by atoms with Gasteiger partial charge >= 0.3 is 6.09 Å². The zero-order chi connectivity index (χ0) is 33.4. The minimum absolute atomic E-state index is 0.0118. The summed E-state index contributed by atoms with van der Waals surface area (Å²) in [7, 11) is 0. The van der Waals surface area contributed by atoms with Crippen molar-refractivity contribution in [3.05, 3.63) is 138 Å². The second-order valence-electron chi connectivity index (χ2n) is 11.0. The van der Waals surface area contributed by atoms with Gasteiger partial charge in [0.15, 0.2) is 6.10 Å². The number of carbonyl (C=O) groups excluding carboxylic acids is 4. The average Bonchev–Trinajstić information content (AvgIpc) is 3.10. The first-order valence-corrected chi connectivity index (χ1v) is 15.3. The van der Waals surface area contributed by atoms with Crippen molar-refractivity contribution < 1.29 is 29.0 Å². The van der Waals surface area contributed by atoms with E-state index in [0.29, 0.717) is 5.69 Å². The molecule has 11 heteroatoms. The third-order valence-corrected chi connectivity index (χ3v) is 7.30. The fourth-order valence-electron chi connectivity index (χ4n) is 4.71. The minimum Gasteiger partial charge on any atom is -0.445 e. The fraction of sp³-hybridized carbons (Fsp3) is 0.250. The molecule has 0 fully saturated rings. The molecule has 4 aromatic rings. The molecule has 3 aromatic carbocycles. The van der Waals surface area contributed by atoms with Gasteiger partial charge in [0.1, 0.15) is 18.7 Å². The number of aromatic nitrogens is 1. The molecule has 4 atom stereocenters. The van der Waals surface area contributed by atoms with E-state index in [0.717, 1.165) is 16.7 Å². The molecule has 0 aliphatic carbocycles. The first kappa shape index (κ1) is 34.3. The predicted molar refractivity (Wildman–Crippen MR) is 175 cm³/mol. The number of aliphatic hydroxyl groups is 1. The highest BCUT2D eigenvalue weighted by molar-refractivity contribution is 5.92. The van der Waals surface area contributed by atoms with Crippen LogP contribution >= 0.6 is 0 Å². The van der Waals surface area contributed by atoms with Gasteiger partial charge in [0.2, 0.25) is 11.8 Å². The van der Waals surface area contributed by atoms with Crippen LogP contribution in [0.3, 0.4) is 0 Å². The van der Waals surface area contributed by atoms with Crippen molar-refractivity contribution in [2.45, 2.75) is 57.1 Å². The van der Waals surface area contributed by atoms with E-state index in [9.17, 15) is 24.3 Å². The largest absolute Gasteiger partial charge is 0.445 e. The Bertz CT molecular complexity index is 1580. The lowest BCUT2D eigenvalue weighted by molar-refractivity contribution is -0.134. The molecule has 0 aliphatic rings. The number of ether oxygens (including phenoxy) is 1. The maximum absolute atomic E-state index is 13.8. The Labute approximate surface area is 273 Å². The van der Waals surface area contributed by atoms with Crippen LogP contribution < -0.4 is 21.3 Å². The smallest absolute Gasteiger partial charge is 0.408 e. The van der Waals surface area contributed by atoms with Gasteiger partial charge in [0.05, 0.1) is 6.04 Å². The maximum atomic E-state index is 13.8. The summed E-state index contributed by atoms with van der Waals surface area (Å²) < 4.78 is 5.22. The Morgan fingerprint density at radius 2 is 1.28 bits per heavy atom. The van der Waals surface area contributed by atoms with Crippen molar-refractivity contribution in [1.29, 1.82) is 0 Å². The number of nitrogens with zero attached hydrogens (tertiary/aromatic N) is 1. The number of nitrogens with one attached hydrogen (secondary N) is 4. The summed E-state index contributed by atoms with van der Waals surface area (Å²) in [6.07, 6.45) is -0.679. The highest BCUT2D eigenvalue weighted by atomic mass is 16.5. The molecule has 244 valence electrons. The van der Waals surface area contributed by atoms with E-state index in [4.69, 9.17) is 4.74 Å². The summed E-state index contributed by atoms with van der Waals surface area (Å²) in [6.45, 7) is 1.68. The van der Waals surface area contributed by atoms with E-state index in [2.05, 4.69) is 26.3 Å². The molecule has 0 aliphatic heterocycles. The van der Waals surface area contributed by atoms with Crippen molar-refractivity contribution in [3.8, 4) is 0 Å². The lowest BCUT2D eigenvalue weighted by Crippen LogP contribution is -2.58. The first-order valence-electron chi connectivity index (χ1n) is 15.3. The number of aliphatic hydroxyl groups excluding tert-OH is 1.